The summed E-state index contributed by atoms with van der Waals surface area (Å²) in [6.07, 6.45) is 18.9. The molecule has 1 saturated carbocycles. The van der Waals surface area contributed by atoms with Crippen LogP contribution in [0.1, 0.15) is 99.3 Å². The van der Waals surface area contributed by atoms with Gasteiger partial charge in [0.2, 0.25) is 0 Å². The van der Waals surface area contributed by atoms with E-state index in [-0.39, 0.29) is 16.7 Å². The zero-order chi connectivity index (χ0) is 26.0. The van der Waals surface area contributed by atoms with E-state index >= 15 is 0 Å². The second-order valence-corrected chi connectivity index (χ2v) is 17.1. The van der Waals surface area contributed by atoms with Gasteiger partial charge in [0.05, 0.1) is 11.4 Å². The van der Waals surface area contributed by atoms with Gasteiger partial charge in [-0.1, -0.05) is 84.8 Å². The maximum absolute atomic E-state index is 7.05. The summed E-state index contributed by atoms with van der Waals surface area (Å²) in [5.41, 5.74) is -0.218. The third kappa shape index (κ3) is 9.53. The van der Waals surface area contributed by atoms with Crippen LogP contribution in [0.3, 0.4) is 0 Å². The Hall–Kier alpha value is -1.06. The number of allylic oxidation sites excluding steroid dienone is 4. The number of ether oxygens (including phenoxy) is 1. The summed E-state index contributed by atoms with van der Waals surface area (Å²) < 4.78 is 13.5. The van der Waals surface area contributed by atoms with Crippen molar-refractivity contribution in [1.29, 1.82) is 0 Å². The van der Waals surface area contributed by atoms with Gasteiger partial charge in [0.15, 0.2) is 8.32 Å². The van der Waals surface area contributed by atoms with Gasteiger partial charge >= 0.3 is 0 Å². The van der Waals surface area contributed by atoms with Crippen molar-refractivity contribution in [2.24, 2.45) is 17.8 Å². The van der Waals surface area contributed by atoms with Crippen molar-refractivity contribution in [1.82, 2.24) is 0 Å². The number of hydrogen-bond acceptors (Lipinski definition) is 2. The lowest BCUT2D eigenvalue weighted by atomic mass is 9.85. The summed E-state index contributed by atoms with van der Waals surface area (Å²) in [7, 11) is -1.89. The summed E-state index contributed by atoms with van der Waals surface area (Å²) in [6.45, 7) is 30.8. The van der Waals surface area contributed by atoms with Crippen molar-refractivity contribution >= 4 is 8.32 Å². The first kappa shape index (κ1) is 31.0. The van der Waals surface area contributed by atoms with Crippen molar-refractivity contribution in [2.45, 2.75) is 129 Å². The number of hydrogen-bond donors (Lipinski definition) is 0. The van der Waals surface area contributed by atoms with Gasteiger partial charge in [-0.2, -0.15) is 0 Å². The first-order valence-corrected chi connectivity index (χ1v) is 16.7. The smallest absolute Gasteiger partial charge is 0.193 e. The molecule has 0 heterocycles. The van der Waals surface area contributed by atoms with Crippen molar-refractivity contribution in [3.8, 4) is 0 Å². The van der Waals surface area contributed by atoms with Crippen LogP contribution < -0.4 is 0 Å². The van der Waals surface area contributed by atoms with E-state index in [2.05, 4.69) is 92.6 Å². The second-order valence-electron chi connectivity index (χ2n) is 12.3. The Labute approximate surface area is 214 Å². The lowest BCUT2D eigenvalue weighted by molar-refractivity contribution is 0.0721. The van der Waals surface area contributed by atoms with E-state index in [4.69, 9.17) is 9.16 Å². The van der Waals surface area contributed by atoms with Crippen LogP contribution in [-0.4, -0.2) is 20.0 Å². The summed E-state index contributed by atoms with van der Waals surface area (Å²) >= 11 is 0. The Kier molecular flexibility index (Phi) is 12.6. The molecule has 196 valence electrons. The largest absolute Gasteiger partial charge is 0.495 e. The molecule has 0 aromatic rings. The lowest BCUT2D eigenvalue weighted by Gasteiger charge is -2.43. The number of rotatable bonds is 16. The third-order valence-corrected chi connectivity index (χ3v) is 12.7. The van der Waals surface area contributed by atoms with E-state index < -0.39 is 8.32 Å². The third-order valence-electron chi connectivity index (χ3n) is 8.10. The monoisotopic (exact) mass is 488 g/mol. The molecule has 2 nitrogen and oxygen atoms in total. The molecule has 3 heteroatoms. The van der Waals surface area contributed by atoms with Gasteiger partial charge in [-0.15, -0.1) is 13.2 Å². The van der Waals surface area contributed by atoms with Gasteiger partial charge in [0, 0.05) is 12.3 Å². The molecular weight excluding hydrogens is 432 g/mol. The molecule has 1 rings (SSSR count). The Morgan fingerprint density at radius 2 is 1.74 bits per heavy atom. The predicted molar refractivity (Wildman–Crippen MR) is 154 cm³/mol. The average molecular weight is 489 g/mol. The summed E-state index contributed by atoms with van der Waals surface area (Å²) in [4.78, 5) is 0. The molecule has 0 aromatic carbocycles. The van der Waals surface area contributed by atoms with E-state index in [0.717, 1.165) is 44.3 Å². The van der Waals surface area contributed by atoms with Crippen LogP contribution in [0.2, 0.25) is 18.1 Å². The molecule has 1 fully saturated rings. The Morgan fingerprint density at radius 1 is 1.06 bits per heavy atom. The summed E-state index contributed by atoms with van der Waals surface area (Å²) in [5.74, 6) is 2.40. The van der Waals surface area contributed by atoms with Gasteiger partial charge in [-0.3, -0.25) is 0 Å². The van der Waals surface area contributed by atoms with E-state index in [9.17, 15) is 0 Å². The van der Waals surface area contributed by atoms with Crippen LogP contribution in [0.4, 0.5) is 0 Å². The minimum atomic E-state index is -1.89. The fraction of sp³-hybridized carbons (Fsp3) is 0.742. The van der Waals surface area contributed by atoms with Gasteiger partial charge < -0.3 is 9.16 Å². The van der Waals surface area contributed by atoms with Crippen molar-refractivity contribution in [3.63, 3.8) is 0 Å². The van der Waals surface area contributed by atoms with Crippen molar-refractivity contribution in [2.75, 3.05) is 0 Å². The summed E-state index contributed by atoms with van der Waals surface area (Å²) in [5, 5.41) is 0.198. The highest BCUT2D eigenvalue weighted by Crippen LogP contribution is 2.44. The zero-order valence-electron chi connectivity index (χ0n) is 23.9. The highest BCUT2D eigenvalue weighted by Gasteiger charge is 2.43. The standard InChI is InChI=1S/C31H56O2Si/c1-12-15-17-20-26(5)32-29-24-25(4)27(28(29)19-14-3)21-23-31(9,22-18-16-13-2)33-34(10,11)30(6,7)8/h12,14,21,23,25,27-29H,1,3,5,13,15-20,22,24H2,2,4,6-11H3/b23-21+/t25-,27+,28-,29+,31-/m1/s1. The molecule has 0 aromatic heterocycles. The lowest BCUT2D eigenvalue weighted by Crippen LogP contribution is -2.48. The first-order chi connectivity index (χ1) is 15.8. The topological polar surface area (TPSA) is 18.5 Å². The van der Waals surface area contributed by atoms with E-state index in [1.807, 2.05) is 6.08 Å². The average Bonchev–Trinajstić information content (AvgIpc) is 3.00. The molecule has 5 atom stereocenters. The first-order valence-electron chi connectivity index (χ1n) is 13.8. The molecule has 0 amide bonds. The minimum Gasteiger partial charge on any atom is -0.495 e. The molecule has 34 heavy (non-hydrogen) atoms. The molecular formula is C31H56O2Si. The van der Waals surface area contributed by atoms with Gasteiger partial charge in [0.25, 0.3) is 0 Å². The van der Waals surface area contributed by atoms with E-state index in [1.165, 1.54) is 19.3 Å². The van der Waals surface area contributed by atoms with Crippen molar-refractivity contribution < 1.29 is 9.16 Å². The van der Waals surface area contributed by atoms with E-state index in [0.29, 0.717) is 17.8 Å². The summed E-state index contributed by atoms with van der Waals surface area (Å²) in [6, 6.07) is 0. The Morgan fingerprint density at radius 3 is 2.29 bits per heavy atom. The molecule has 0 aliphatic heterocycles. The SMILES string of the molecule is C=CCCCC(=C)O[C@H]1C[C@@H](C)[C@H](/C=C/[C@@](C)(CCCCC)O[Si](C)(C)C(C)(C)C)[C@H]1CC=C. The molecule has 0 spiro atoms. The Balaban J connectivity index is 3.07. The molecule has 0 unspecified atom stereocenters. The van der Waals surface area contributed by atoms with Crippen LogP contribution in [0.25, 0.3) is 0 Å². The second kappa shape index (κ2) is 13.9. The maximum atomic E-state index is 7.05. The zero-order valence-corrected chi connectivity index (χ0v) is 24.9. The van der Waals surface area contributed by atoms with E-state index in [1.54, 1.807) is 0 Å². The molecule has 0 N–H and O–H groups in total. The van der Waals surface area contributed by atoms with Crippen LogP contribution in [-0.2, 0) is 9.16 Å². The molecule has 0 saturated heterocycles. The molecule has 1 aliphatic carbocycles. The normalized spacial score (nSPS) is 25.3. The molecule has 0 radical (unpaired) electrons. The van der Waals surface area contributed by atoms with Crippen LogP contribution in [0.15, 0.2) is 49.8 Å². The highest BCUT2D eigenvalue weighted by molar-refractivity contribution is 6.74. The Bertz CT molecular complexity index is 671. The minimum absolute atomic E-state index is 0.198. The van der Waals surface area contributed by atoms with Gasteiger partial charge in [-0.05, 0) is 69.0 Å². The predicted octanol–water partition coefficient (Wildman–Crippen LogP) is 10.0. The van der Waals surface area contributed by atoms with Crippen LogP contribution >= 0.6 is 0 Å². The van der Waals surface area contributed by atoms with Crippen LogP contribution in [0.5, 0.6) is 0 Å². The highest BCUT2D eigenvalue weighted by atomic mass is 28.4. The molecule has 0 bridgehead atoms. The van der Waals surface area contributed by atoms with Crippen molar-refractivity contribution in [3.05, 3.63) is 49.8 Å². The number of unbranched alkanes of at least 4 members (excludes halogenated alkanes) is 3. The van der Waals surface area contributed by atoms with Gasteiger partial charge in [0.1, 0.15) is 6.10 Å². The van der Waals surface area contributed by atoms with Gasteiger partial charge in [-0.25, -0.2) is 0 Å². The fourth-order valence-electron chi connectivity index (χ4n) is 5.00. The molecule has 1 aliphatic rings. The fourth-order valence-corrected chi connectivity index (χ4v) is 6.64. The van der Waals surface area contributed by atoms with Crippen LogP contribution in [0, 0.1) is 17.8 Å². The quantitative estimate of drug-likeness (QED) is 0.0931. The maximum Gasteiger partial charge on any atom is 0.193 e.